The van der Waals surface area contributed by atoms with Crippen LogP contribution in [0.5, 0.6) is 5.75 Å². The van der Waals surface area contributed by atoms with Crippen molar-refractivity contribution in [3.63, 3.8) is 0 Å². The molecule has 0 spiro atoms. The van der Waals surface area contributed by atoms with E-state index in [9.17, 15) is 17.8 Å². The highest BCUT2D eigenvalue weighted by Gasteiger charge is 2.45. The Kier molecular flexibility index (Phi) is 14.0. The second-order valence-corrected chi connectivity index (χ2v) is 22.4. The van der Waals surface area contributed by atoms with Gasteiger partial charge in [-0.25, -0.2) is 8.42 Å². The first kappa shape index (κ1) is 47.9. The molecule has 1 aliphatic carbocycles. The van der Waals surface area contributed by atoms with Gasteiger partial charge in [-0.05, 0) is 118 Å². The van der Waals surface area contributed by atoms with Crippen LogP contribution in [0.15, 0.2) is 112 Å². The third-order valence-corrected chi connectivity index (χ3v) is 13.7. The molecule has 0 saturated carbocycles. The first-order valence-corrected chi connectivity index (χ1v) is 24.1. The van der Waals surface area contributed by atoms with Crippen molar-refractivity contribution in [1.29, 1.82) is 0 Å². The number of fused-ring (bicyclic) bond motifs is 2. The minimum atomic E-state index is -4.63. The second kappa shape index (κ2) is 18.5. The summed E-state index contributed by atoms with van der Waals surface area (Å²) >= 11 is 0. The van der Waals surface area contributed by atoms with Gasteiger partial charge >= 0.3 is 0 Å². The molecule has 3 aliphatic rings. The van der Waals surface area contributed by atoms with Crippen LogP contribution in [0.25, 0.3) is 0 Å². The van der Waals surface area contributed by atoms with Gasteiger partial charge in [-0.15, -0.1) is 0 Å². The molecule has 10 heteroatoms. The summed E-state index contributed by atoms with van der Waals surface area (Å²) in [6.07, 6.45) is 14.8. The molecular weight excluding hydrogens is 805 g/mol. The van der Waals surface area contributed by atoms with Crippen molar-refractivity contribution in [2.75, 3.05) is 73.4 Å². The number of carbonyl (C=O) groups is 1. The Morgan fingerprint density at radius 2 is 1.52 bits per heavy atom. The van der Waals surface area contributed by atoms with Crippen molar-refractivity contribution >= 4 is 33.0 Å². The number of anilines is 1. The van der Waals surface area contributed by atoms with Crippen molar-refractivity contribution in [3.05, 3.63) is 130 Å². The number of ketones is 1. The zero-order valence-corrected chi connectivity index (χ0v) is 40.9. The minimum absolute atomic E-state index is 0.174. The zero-order valence-electron chi connectivity index (χ0n) is 40.1. The summed E-state index contributed by atoms with van der Waals surface area (Å²) in [5.41, 5.74) is 10.5. The zero-order chi connectivity index (χ0) is 46.1. The molecule has 0 aromatic heterocycles. The molecule has 0 unspecified atom stereocenters. The van der Waals surface area contributed by atoms with Gasteiger partial charge in [0.15, 0.2) is 12.3 Å². The summed E-state index contributed by atoms with van der Waals surface area (Å²) in [5, 5.41) is 0. The van der Waals surface area contributed by atoms with E-state index in [1.165, 1.54) is 28.6 Å². The lowest BCUT2D eigenvalue weighted by Crippen LogP contribution is -2.37. The Morgan fingerprint density at radius 3 is 2.17 bits per heavy atom. The first-order valence-electron chi connectivity index (χ1n) is 22.7. The fraction of sp³-hybridized carbons (Fsp3) is 0.472. The van der Waals surface area contributed by atoms with E-state index < -0.39 is 15.5 Å². The lowest BCUT2D eigenvalue weighted by Gasteiger charge is -2.29. The highest BCUT2D eigenvalue weighted by molar-refractivity contribution is 7.85. The van der Waals surface area contributed by atoms with Gasteiger partial charge < -0.3 is 28.0 Å². The number of ether oxygens (including phenoxy) is 1. The summed E-state index contributed by atoms with van der Waals surface area (Å²) in [6.45, 7) is 16.4. The number of Topliss-reactive ketones (excluding diaryl/α,β-unsaturated/α-hetero) is 1. The van der Waals surface area contributed by atoms with Crippen molar-refractivity contribution in [2.45, 2.75) is 102 Å². The minimum Gasteiger partial charge on any atom is -0.744 e. The molecule has 0 N–H and O–H groups in total. The third kappa shape index (κ3) is 11.4. The molecule has 3 aromatic carbocycles. The number of quaternary nitrogens is 2. The lowest BCUT2D eigenvalue weighted by atomic mass is 9.81. The smallest absolute Gasteiger partial charge is 0.209 e. The van der Waals surface area contributed by atoms with Gasteiger partial charge in [-0.3, -0.25) is 0 Å². The maximum Gasteiger partial charge on any atom is 0.209 e. The number of allylic oxidation sites excluding steroid dienone is 7. The molecule has 3 aromatic rings. The fourth-order valence-corrected chi connectivity index (χ4v) is 9.86. The molecule has 0 bridgehead atoms. The third-order valence-electron chi connectivity index (χ3n) is 12.9. The van der Waals surface area contributed by atoms with E-state index in [0.29, 0.717) is 12.8 Å². The number of rotatable bonds is 17. The number of nitrogens with zero attached hydrogens (tertiary/aromatic N) is 4. The normalized spacial score (nSPS) is 18.8. The van der Waals surface area contributed by atoms with E-state index in [4.69, 9.17) is 4.74 Å². The molecule has 338 valence electrons. The SMILES string of the molecule is CC(=O)CCc1ccc(OC2=C(/C=C/C3=[N+](CCC[N+](C)(C)C)c4ccc(S(=O)(=O)[O-])cc4C3(C)C)CCC/C2=C\C=C2\N(CCC[N+](C)(C)C)c3ccc(C)cc3C2(C)C)cc1. The van der Waals surface area contributed by atoms with Crippen molar-refractivity contribution in [2.24, 2.45) is 0 Å². The summed E-state index contributed by atoms with van der Waals surface area (Å²) in [6, 6.07) is 19.8. The molecule has 0 fully saturated rings. The monoisotopic (exact) mass is 877 g/mol. The topological polar surface area (TPSA) is 89.8 Å². The van der Waals surface area contributed by atoms with Crippen LogP contribution in [0, 0.1) is 6.92 Å². The molecule has 6 rings (SSSR count). The molecule has 9 nitrogen and oxygen atoms in total. The predicted molar refractivity (Wildman–Crippen MR) is 256 cm³/mol. The number of benzene rings is 3. The predicted octanol–water partition coefficient (Wildman–Crippen LogP) is 9.67. The number of aryl methyl sites for hydroxylation is 2. The Bertz CT molecular complexity index is 2490. The van der Waals surface area contributed by atoms with Crippen molar-refractivity contribution in [1.82, 2.24) is 0 Å². The maximum atomic E-state index is 12.2. The lowest BCUT2D eigenvalue weighted by molar-refractivity contribution is -0.871. The van der Waals surface area contributed by atoms with Gasteiger partial charge in [-0.2, -0.15) is 4.58 Å². The van der Waals surface area contributed by atoms with Crippen LogP contribution in [0.2, 0.25) is 0 Å². The molecule has 2 heterocycles. The summed E-state index contributed by atoms with van der Waals surface area (Å²) < 4.78 is 47.7. The average Bonchev–Trinajstić information content (AvgIpc) is 3.52. The number of hydrogen-bond donors (Lipinski definition) is 0. The molecule has 0 radical (unpaired) electrons. The molecule has 2 aliphatic heterocycles. The summed E-state index contributed by atoms with van der Waals surface area (Å²) in [4.78, 5) is 14.1. The Labute approximate surface area is 378 Å². The Hall–Kier alpha value is -4.61. The van der Waals surface area contributed by atoms with Crippen molar-refractivity contribution in [3.8, 4) is 5.75 Å². The van der Waals surface area contributed by atoms with Crippen LogP contribution in [-0.2, 0) is 32.2 Å². The molecular formula is C53H72N4O5S+2. The average molecular weight is 877 g/mol. The van der Waals surface area contributed by atoms with Gasteiger partial charge in [0.1, 0.15) is 27.4 Å². The maximum absolute atomic E-state index is 12.2. The Morgan fingerprint density at radius 1 is 0.841 bits per heavy atom. The fourth-order valence-electron chi connectivity index (χ4n) is 9.36. The van der Waals surface area contributed by atoms with Gasteiger partial charge in [-0.1, -0.05) is 49.8 Å². The Balaban J connectivity index is 1.46. The molecule has 63 heavy (non-hydrogen) atoms. The van der Waals surface area contributed by atoms with Crippen LogP contribution < -0.4 is 9.64 Å². The van der Waals surface area contributed by atoms with Crippen LogP contribution in [0.4, 0.5) is 11.4 Å². The standard InChI is InChI=1S/C53H72N4O5S/c1-38-18-28-47-45(36-38)52(3,4)49(54(47)32-14-34-56(7,8)9)30-23-41-16-13-17-42(51(41)62-43-25-21-40(22-26-43)20-19-39(2)58)24-31-50-53(5,6)46-37-44(63(59,60)61)27-29-48(46)55(50)33-15-35-57(10,11)12/h18,21-31,36-37H,13-17,19-20,32-35H2,1-12H3/q+2. The number of hydrogen-bond acceptors (Lipinski definition) is 6. The summed E-state index contributed by atoms with van der Waals surface area (Å²) in [7, 11) is 8.69. The number of carbonyl (C=O) groups excluding carboxylic acids is 1. The largest absolute Gasteiger partial charge is 0.744 e. The van der Waals surface area contributed by atoms with E-state index in [1.54, 1.807) is 19.1 Å². The van der Waals surface area contributed by atoms with Gasteiger partial charge in [0, 0.05) is 53.9 Å². The second-order valence-electron chi connectivity index (χ2n) is 21.1. The van der Waals surface area contributed by atoms with E-state index in [-0.39, 0.29) is 16.1 Å². The van der Waals surface area contributed by atoms with Crippen molar-refractivity contribution < 1.29 is 36.0 Å². The molecule has 0 atom stereocenters. The van der Waals surface area contributed by atoms with Gasteiger partial charge in [0.05, 0.1) is 72.1 Å². The summed E-state index contributed by atoms with van der Waals surface area (Å²) in [5.74, 6) is 1.76. The van der Waals surface area contributed by atoms with Crippen LogP contribution in [0.3, 0.4) is 0 Å². The van der Waals surface area contributed by atoms with E-state index in [1.807, 2.05) is 12.1 Å². The highest BCUT2D eigenvalue weighted by atomic mass is 32.2. The quantitative estimate of drug-likeness (QED) is 0.0763. The van der Waals surface area contributed by atoms with E-state index in [0.717, 1.165) is 112 Å². The van der Waals surface area contributed by atoms with E-state index in [2.05, 4.69) is 141 Å². The van der Waals surface area contributed by atoms with Gasteiger partial charge in [0.2, 0.25) is 5.69 Å². The first-order chi connectivity index (χ1) is 29.3. The van der Waals surface area contributed by atoms with Crippen LogP contribution in [0.1, 0.15) is 95.4 Å². The van der Waals surface area contributed by atoms with Crippen LogP contribution in [-0.4, -0.2) is 106 Å². The van der Waals surface area contributed by atoms with Gasteiger partial charge in [0.25, 0.3) is 0 Å². The molecule has 0 amide bonds. The van der Waals surface area contributed by atoms with Crippen LogP contribution >= 0.6 is 0 Å². The molecule has 0 saturated heterocycles. The highest BCUT2D eigenvalue weighted by Crippen LogP contribution is 2.48. The van der Waals surface area contributed by atoms with E-state index >= 15 is 0 Å².